The van der Waals surface area contributed by atoms with Crippen LogP contribution in [0.2, 0.25) is 0 Å². The highest BCUT2D eigenvalue weighted by Gasteiger charge is 2.08. The van der Waals surface area contributed by atoms with Crippen molar-refractivity contribution in [2.24, 2.45) is 0 Å². The minimum absolute atomic E-state index is 0.224. The standard InChI is InChI=1S/C15H14N2O2S/c1-2-10-3-5-11(6-4-10)9-17-14(18)13-12(7-8-20-13)16-15(17)19/h3-8H,2,9H2,1H3,(H,16,19). The van der Waals surface area contributed by atoms with Gasteiger partial charge in [-0.1, -0.05) is 31.2 Å². The van der Waals surface area contributed by atoms with Gasteiger partial charge in [-0.05, 0) is 29.0 Å². The lowest BCUT2D eigenvalue weighted by molar-refractivity contribution is 0.713. The summed E-state index contributed by atoms with van der Waals surface area (Å²) in [5, 5.41) is 1.81. The zero-order valence-corrected chi connectivity index (χ0v) is 11.9. The van der Waals surface area contributed by atoms with Gasteiger partial charge in [0.2, 0.25) is 0 Å². The molecular weight excluding hydrogens is 272 g/mol. The molecule has 0 aliphatic carbocycles. The van der Waals surface area contributed by atoms with E-state index >= 15 is 0 Å². The lowest BCUT2D eigenvalue weighted by Crippen LogP contribution is -2.34. The number of hydrogen-bond acceptors (Lipinski definition) is 3. The van der Waals surface area contributed by atoms with E-state index in [0.29, 0.717) is 16.8 Å². The molecule has 3 rings (SSSR count). The molecule has 1 N–H and O–H groups in total. The molecule has 4 nitrogen and oxygen atoms in total. The third-order valence-corrected chi connectivity index (χ3v) is 4.27. The summed E-state index contributed by atoms with van der Waals surface area (Å²) in [4.78, 5) is 27.0. The average Bonchev–Trinajstić information content (AvgIpc) is 2.92. The second-order valence-electron chi connectivity index (χ2n) is 4.65. The van der Waals surface area contributed by atoms with Crippen molar-refractivity contribution in [2.45, 2.75) is 19.9 Å². The summed E-state index contributed by atoms with van der Waals surface area (Å²) in [5.74, 6) is 0. The molecule has 0 radical (unpaired) electrons. The van der Waals surface area contributed by atoms with Gasteiger partial charge >= 0.3 is 5.69 Å². The van der Waals surface area contributed by atoms with Crippen LogP contribution < -0.4 is 11.2 Å². The number of nitrogens with one attached hydrogen (secondary N) is 1. The highest BCUT2D eigenvalue weighted by Crippen LogP contribution is 2.12. The zero-order chi connectivity index (χ0) is 14.1. The molecule has 102 valence electrons. The smallest absolute Gasteiger partial charge is 0.306 e. The molecule has 3 aromatic rings. The number of fused-ring (bicyclic) bond motifs is 1. The van der Waals surface area contributed by atoms with Crippen LogP contribution >= 0.6 is 11.3 Å². The number of H-pyrrole nitrogens is 1. The van der Waals surface area contributed by atoms with Crippen molar-refractivity contribution < 1.29 is 0 Å². The molecule has 0 amide bonds. The van der Waals surface area contributed by atoms with E-state index < -0.39 is 0 Å². The third-order valence-electron chi connectivity index (χ3n) is 3.36. The first-order valence-electron chi connectivity index (χ1n) is 6.47. The molecule has 0 bridgehead atoms. The van der Waals surface area contributed by atoms with Crippen LogP contribution in [0.25, 0.3) is 10.2 Å². The van der Waals surface area contributed by atoms with Gasteiger partial charge in [0.1, 0.15) is 4.70 Å². The van der Waals surface area contributed by atoms with E-state index in [4.69, 9.17) is 0 Å². The van der Waals surface area contributed by atoms with Crippen molar-refractivity contribution in [3.63, 3.8) is 0 Å². The van der Waals surface area contributed by atoms with Crippen molar-refractivity contribution in [3.8, 4) is 0 Å². The average molecular weight is 286 g/mol. The molecule has 5 heteroatoms. The van der Waals surface area contributed by atoms with E-state index in [1.165, 1.54) is 21.5 Å². The van der Waals surface area contributed by atoms with E-state index in [-0.39, 0.29) is 11.2 Å². The molecule has 0 spiro atoms. The maximum absolute atomic E-state index is 12.3. The summed E-state index contributed by atoms with van der Waals surface area (Å²) in [6, 6.07) is 9.73. The topological polar surface area (TPSA) is 54.9 Å². The van der Waals surface area contributed by atoms with Gasteiger partial charge in [0.25, 0.3) is 5.56 Å². The Balaban J connectivity index is 2.05. The van der Waals surface area contributed by atoms with E-state index in [1.54, 1.807) is 6.07 Å². The molecule has 0 unspecified atom stereocenters. The van der Waals surface area contributed by atoms with Crippen LogP contribution in [0.3, 0.4) is 0 Å². The lowest BCUT2D eigenvalue weighted by Gasteiger charge is -2.05. The number of nitrogens with zero attached hydrogens (tertiary/aromatic N) is 1. The van der Waals surface area contributed by atoms with Crippen molar-refractivity contribution >= 4 is 21.6 Å². The number of benzene rings is 1. The van der Waals surface area contributed by atoms with Crippen molar-refractivity contribution in [1.29, 1.82) is 0 Å². The van der Waals surface area contributed by atoms with Crippen LogP contribution in [0.4, 0.5) is 0 Å². The van der Waals surface area contributed by atoms with Gasteiger partial charge in [-0.3, -0.25) is 9.36 Å². The van der Waals surface area contributed by atoms with Crippen LogP contribution in [-0.2, 0) is 13.0 Å². The predicted octanol–water partition coefficient (Wildman–Crippen LogP) is 2.36. The third kappa shape index (κ3) is 2.20. The number of hydrogen-bond donors (Lipinski definition) is 1. The molecule has 0 fully saturated rings. The van der Waals surface area contributed by atoms with E-state index in [1.807, 2.05) is 29.6 Å². The molecule has 1 aromatic carbocycles. The Morgan fingerprint density at radius 3 is 2.50 bits per heavy atom. The maximum atomic E-state index is 12.3. The fraction of sp³-hybridized carbons (Fsp3) is 0.200. The minimum Gasteiger partial charge on any atom is -0.306 e. The molecule has 0 saturated heterocycles. The van der Waals surface area contributed by atoms with Gasteiger partial charge in [-0.25, -0.2) is 4.79 Å². The fourth-order valence-corrected chi connectivity index (χ4v) is 2.97. The molecule has 2 aromatic heterocycles. The van der Waals surface area contributed by atoms with Gasteiger partial charge in [0.05, 0.1) is 12.1 Å². The van der Waals surface area contributed by atoms with Crippen molar-refractivity contribution in [3.05, 3.63) is 67.7 Å². The van der Waals surface area contributed by atoms with Crippen LogP contribution in [0.5, 0.6) is 0 Å². The summed E-state index contributed by atoms with van der Waals surface area (Å²) in [6.07, 6.45) is 0.974. The number of aromatic nitrogens is 2. The molecule has 0 saturated carbocycles. The zero-order valence-electron chi connectivity index (χ0n) is 11.1. The highest BCUT2D eigenvalue weighted by molar-refractivity contribution is 7.17. The first-order chi connectivity index (χ1) is 9.69. The first kappa shape index (κ1) is 12.9. The van der Waals surface area contributed by atoms with E-state index in [2.05, 4.69) is 11.9 Å². The summed E-state index contributed by atoms with van der Waals surface area (Å²) < 4.78 is 1.84. The van der Waals surface area contributed by atoms with Gasteiger partial charge in [0, 0.05) is 0 Å². The predicted molar refractivity (Wildman–Crippen MR) is 81.6 cm³/mol. The monoisotopic (exact) mass is 286 g/mol. The largest absolute Gasteiger partial charge is 0.329 e. The molecule has 20 heavy (non-hydrogen) atoms. The lowest BCUT2D eigenvalue weighted by atomic mass is 10.1. The summed E-state index contributed by atoms with van der Waals surface area (Å²) in [5.41, 5.74) is 2.22. The van der Waals surface area contributed by atoms with Gasteiger partial charge < -0.3 is 4.98 Å². The van der Waals surface area contributed by atoms with Gasteiger partial charge in [-0.15, -0.1) is 11.3 Å². The number of aryl methyl sites for hydroxylation is 1. The number of thiophene rings is 1. The Labute approximate surface area is 119 Å². The van der Waals surface area contributed by atoms with Crippen LogP contribution in [0, 0.1) is 0 Å². The molecule has 2 heterocycles. The van der Waals surface area contributed by atoms with E-state index in [9.17, 15) is 9.59 Å². The molecule has 0 atom stereocenters. The molecule has 0 aliphatic heterocycles. The summed E-state index contributed by atoms with van der Waals surface area (Å²) in [7, 11) is 0. The number of aromatic amines is 1. The highest BCUT2D eigenvalue weighted by atomic mass is 32.1. The van der Waals surface area contributed by atoms with Crippen LogP contribution in [0.15, 0.2) is 45.3 Å². The van der Waals surface area contributed by atoms with Crippen LogP contribution in [-0.4, -0.2) is 9.55 Å². The van der Waals surface area contributed by atoms with Crippen molar-refractivity contribution in [1.82, 2.24) is 9.55 Å². The van der Waals surface area contributed by atoms with E-state index in [0.717, 1.165) is 12.0 Å². The van der Waals surface area contributed by atoms with Gasteiger partial charge in [0.15, 0.2) is 0 Å². The van der Waals surface area contributed by atoms with Crippen LogP contribution in [0.1, 0.15) is 18.1 Å². The molecule has 0 aliphatic rings. The summed E-state index contributed by atoms with van der Waals surface area (Å²) in [6.45, 7) is 2.39. The Bertz CT molecular complexity index is 856. The second kappa shape index (κ2) is 5.09. The fourth-order valence-electron chi connectivity index (χ4n) is 2.18. The summed E-state index contributed by atoms with van der Waals surface area (Å²) >= 11 is 1.35. The minimum atomic E-state index is -0.361. The van der Waals surface area contributed by atoms with Gasteiger partial charge in [-0.2, -0.15) is 0 Å². The Kier molecular flexibility index (Phi) is 3.28. The Morgan fingerprint density at radius 2 is 1.80 bits per heavy atom. The first-order valence-corrected chi connectivity index (χ1v) is 7.35. The molecular formula is C15H14N2O2S. The SMILES string of the molecule is CCc1ccc(Cn2c(=O)[nH]c3ccsc3c2=O)cc1. The Hall–Kier alpha value is -2.14. The van der Waals surface area contributed by atoms with Crippen molar-refractivity contribution in [2.75, 3.05) is 0 Å². The normalized spacial score (nSPS) is 11.1. The number of rotatable bonds is 3. The second-order valence-corrected chi connectivity index (χ2v) is 5.57. The maximum Gasteiger partial charge on any atom is 0.329 e. The quantitative estimate of drug-likeness (QED) is 0.803. The Morgan fingerprint density at radius 1 is 1.10 bits per heavy atom.